The Kier molecular flexibility index (Phi) is 5.41. The van der Waals surface area contributed by atoms with Crippen LogP contribution in [-0.4, -0.2) is 28.9 Å². The van der Waals surface area contributed by atoms with Crippen molar-refractivity contribution in [3.05, 3.63) is 72.1 Å². The Bertz CT molecular complexity index is 954. The summed E-state index contributed by atoms with van der Waals surface area (Å²) in [6, 6.07) is 15.7. The van der Waals surface area contributed by atoms with Crippen LogP contribution in [0, 0.1) is 0 Å². The number of methoxy groups -OCH3 is 1. The van der Waals surface area contributed by atoms with Crippen LogP contribution in [0.2, 0.25) is 0 Å². The molecule has 136 valence electrons. The second kappa shape index (κ2) is 8.09. The number of hydrogen-bond donors (Lipinski definition) is 2. The normalized spacial score (nSPS) is 10.3. The van der Waals surface area contributed by atoms with Gasteiger partial charge in [-0.05, 0) is 42.0 Å². The average molecular weight is 362 g/mol. The van der Waals surface area contributed by atoms with Gasteiger partial charge in [0, 0.05) is 17.2 Å². The quantitative estimate of drug-likeness (QED) is 0.700. The summed E-state index contributed by atoms with van der Waals surface area (Å²) >= 11 is 0. The maximum atomic E-state index is 12.3. The van der Waals surface area contributed by atoms with Gasteiger partial charge in [0.2, 0.25) is 11.8 Å². The van der Waals surface area contributed by atoms with Crippen molar-refractivity contribution in [3.63, 3.8) is 0 Å². The fraction of sp³-hybridized carbons (Fsp3) is 0.100. The molecule has 0 aliphatic rings. The van der Waals surface area contributed by atoms with Crippen LogP contribution in [0.3, 0.4) is 0 Å². The number of amides is 2. The summed E-state index contributed by atoms with van der Waals surface area (Å²) in [6.45, 7) is 0. The van der Waals surface area contributed by atoms with E-state index in [0.29, 0.717) is 17.1 Å². The largest absolute Gasteiger partial charge is 0.497 e. The minimum absolute atomic E-state index is 0.154. The molecule has 0 bridgehead atoms. The van der Waals surface area contributed by atoms with Crippen molar-refractivity contribution in [2.24, 2.45) is 5.73 Å². The lowest BCUT2D eigenvalue weighted by molar-refractivity contribution is -0.115. The van der Waals surface area contributed by atoms with Gasteiger partial charge in [-0.3, -0.25) is 9.59 Å². The van der Waals surface area contributed by atoms with Crippen molar-refractivity contribution >= 4 is 17.6 Å². The molecule has 0 saturated heterocycles. The van der Waals surface area contributed by atoms with Crippen LogP contribution >= 0.6 is 0 Å². The standard InChI is InChI=1S/C20H18N4O3/c1-27-16-8-6-14(7-9-16)17-11-18(23-12-22-17)24-19(25)10-13-2-4-15(5-3-13)20(21)26/h2-9,11-12H,10H2,1H3,(H2,21,26)(H,22,23,24,25). The Morgan fingerprint density at radius 2 is 1.74 bits per heavy atom. The van der Waals surface area contributed by atoms with Gasteiger partial charge in [0.25, 0.3) is 0 Å². The predicted octanol–water partition coefficient (Wildman–Crippen LogP) is 2.43. The van der Waals surface area contributed by atoms with E-state index in [9.17, 15) is 9.59 Å². The van der Waals surface area contributed by atoms with E-state index in [2.05, 4.69) is 15.3 Å². The molecular weight excluding hydrogens is 344 g/mol. The van der Waals surface area contributed by atoms with Gasteiger partial charge in [0.15, 0.2) is 0 Å². The highest BCUT2D eigenvalue weighted by molar-refractivity contribution is 5.94. The minimum atomic E-state index is -0.502. The number of anilines is 1. The summed E-state index contributed by atoms with van der Waals surface area (Å²) in [7, 11) is 1.61. The van der Waals surface area contributed by atoms with E-state index in [1.54, 1.807) is 37.4 Å². The molecule has 3 N–H and O–H groups in total. The van der Waals surface area contributed by atoms with E-state index in [-0.39, 0.29) is 12.3 Å². The highest BCUT2D eigenvalue weighted by Gasteiger charge is 2.08. The van der Waals surface area contributed by atoms with Crippen molar-refractivity contribution in [1.29, 1.82) is 0 Å². The van der Waals surface area contributed by atoms with Crippen molar-refractivity contribution in [2.45, 2.75) is 6.42 Å². The molecule has 27 heavy (non-hydrogen) atoms. The Hall–Kier alpha value is -3.74. The minimum Gasteiger partial charge on any atom is -0.497 e. The molecule has 0 aliphatic heterocycles. The molecule has 0 fully saturated rings. The van der Waals surface area contributed by atoms with Gasteiger partial charge in [-0.1, -0.05) is 12.1 Å². The monoisotopic (exact) mass is 362 g/mol. The molecule has 7 nitrogen and oxygen atoms in total. The second-order valence-corrected chi connectivity index (χ2v) is 5.80. The van der Waals surface area contributed by atoms with Gasteiger partial charge in [0.05, 0.1) is 19.2 Å². The summed E-state index contributed by atoms with van der Waals surface area (Å²) in [6.07, 6.45) is 1.55. The van der Waals surface area contributed by atoms with Gasteiger partial charge in [0.1, 0.15) is 17.9 Å². The van der Waals surface area contributed by atoms with Crippen LogP contribution < -0.4 is 15.8 Å². The number of benzene rings is 2. The van der Waals surface area contributed by atoms with Crippen LogP contribution in [0.5, 0.6) is 5.75 Å². The molecule has 2 amide bonds. The number of rotatable bonds is 6. The topological polar surface area (TPSA) is 107 Å². The van der Waals surface area contributed by atoms with Gasteiger partial charge in [-0.2, -0.15) is 0 Å². The summed E-state index contributed by atoms with van der Waals surface area (Å²) in [5, 5.41) is 2.75. The number of aromatic nitrogens is 2. The molecule has 0 atom stereocenters. The second-order valence-electron chi connectivity index (χ2n) is 5.80. The maximum absolute atomic E-state index is 12.3. The molecule has 2 aromatic carbocycles. The van der Waals surface area contributed by atoms with E-state index < -0.39 is 5.91 Å². The zero-order chi connectivity index (χ0) is 19.2. The number of nitrogens with two attached hydrogens (primary N) is 1. The first-order valence-corrected chi connectivity index (χ1v) is 8.20. The van der Waals surface area contributed by atoms with E-state index >= 15 is 0 Å². The summed E-state index contributed by atoms with van der Waals surface area (Å²) in [5.74, 6) is 0.442. The summed E-state index contributed by atoms with van der Waals surface area (Å²) < 4.78 is 5.14. The Morgan fingerprint density at radius 1 is 1.04 bits per heavy atom. The third-order valence-electron chi connectivity index (χ3n) is 3.92. The lowest BCUT2D eigenvalue weighted by atomic mass is 10.1. The van der Waals surface area contributed by atoms with Crippen LogP contribution in [0.4, 0.5) is 5.82 Å². The van der Waals surface area contributed by atoms with Crippen LogP contribution in [0.15, 0.2) is 60.9 Å². The summed E-state index contributed by atoms with van der Waals surface area (Å²) in [5.41, 5.74) is 7.95. The number of primary amides is 1. The van der Waals surface area contributed by atoms with E-state index in [1.807, 2.05) is 24.3 Å². The Morgan fingerprint density at radius 3 is 2.37 bits per heavy atom. The van der Waals surface area contributed by atoms with Gasteiger partial charge in [-0.25, -0.2) is 9.97 Å². The zero-order valence-electron chi connectivity index (χ0n) is 14.7. The van der Waals surface area contributed by atoms with Crippen LogP contribution in [-0.2, 0) is 11.2 Å². The number of carbonyl (C=O) groups excluding carboxylic acids is 2. The smallest absolute Gasteiger partial charge is 0.248 e. The van der Waals surface area contributed by atoms with Gasteiger partial charge < -0.3 is 15.8 Å². The maximum Gasteiger partial charge on any atom is 0.248 e. The summed E-state index contributed by atoms with van der Waals surface area (Å²) in [4.78, 5) is 31.7. The third-order valence-corrected chi connectivity index (χ3v) is 3.92. The number of nitrogens with zero attached hydrogens (tertiary/aromatic N) is 2. The molecule has 1 aromatic heterocycles. The first kappa shape index (κ1) is 18.1. The fourth-order valence-electron chi connectivity index (χ4n) is 2.50. The molecule has 0 spiro atoms. The number of carbonyl (C=O) groups is 2. The van der Waals surface area contributed by atoms with E-state index in [1.165, 1.54) is 6.33 Å². The average Bonchev–Trinajstić information content (AvgIpc) is 2.68. The number of nitrogens with one attached hydrogen (secondary N) is 1. The van der Waals surface area contributed by atoms with Crippen molar-refractivity contribution in [1.82, 2.24) is 9.97 Å². The Labute approximate surface area is 156 Å². The lowest BCUT2D eigenvalue weighted by Gasteiger charge is -2.07. The molecule has 3 rings (SSSR count). The molecule has 0 saturated carbocycles. The van der Waals surface area contributed by atoms with Crippen molar-refractivity contribution < 1.29 is 14.3 Å². The molecule has 0 unspecified atom stereocenters. The predicted molar refractivity (Wildman–Crippen MR) is 101 cm³/mol. The SMILES string of the molecule is COc1ccc(-c2cc(NC(=O)Cc3ccc(C(N)=O)cc3)ncn2)cc1. The first-order chi connectivity index (χ1) is 13.0. The van der Waals surface area contributed by atoms with Crippen molar-refractivity contribution in [2.75, 3.05) is 12.4 Å². The molecule has 1 heterocycles. The zero-order valence-corrected chi connectivity index (χ0v) is 14.7. The molecular formula is C20H18N4O3. The first-order valence-electron chi connectivity index (χ1n) is 8.20. The highest BCUT2D eigenvalue weighted by atomic mass is 16.5. The van der Waals surface area contributed by atoms with E-state index in [4.69, 9.17) is 10.5 Å². The molecule has 3 aromatic rings. The molecule has 0 radical (unpaired) electrons. The number of hydrogen-bond acceptors (Lipinski definition) is 5. The van der Waals surface area contributed by atoms with Crippen LogP contribution in [0.25, 0.3) is 11.3 Å². The van der Waals surface area contributed by atoms with Gasteiger partial charge >= 0.3 is 0 Å². The Balaban J connectivity index is 1.68. The van der Waals surface area contributed by atoms with Gasteiger partial charge in [-0.15, -0.1) is 0 Å². The van der Waals surface area contributed by atoms with Crippen LogP contribution in [0.1, 0.15) is 15.9 Å². The molecule has 0 aliphatic carbocycles. The third kappa shape index (κ3) is 4.66. The van der Waals surface area contributed by atoms with Crippen molar-refractivity contribution in [3.8, 4) is 17.0 Å². The fourth-order valence-corrected chi connectivity index (χ4v) is 2.50. The van der Waals surface area contributed by atoms with E-state index in [0.717, 1.165) is 16.9 Å². The number of ether oxygens (including phenoxy) is 1. The lowest BCUT2D eigenvalue weighted by Crippen LogP contribution is -2.16. The molecule has 7 heteroatoms. The highest BCUT2D eigenvalue weighted by Crippen LogP contribution is 2.21.